The van der Waals surface area contributed by atoms with Crippen molar-refractivity contribution >= 4 is 19.7 Å². The van der Waals surface area contributed by atoms with Crippen LogP contribution in [0.5, 0.6) is 0 Å². The number of unbranched alkanes of at least 4 members (excludes halogenated alkanes) is 28. The number of ether oxygens (including phenoxy) is 1. The molecular formula is C61H112N2O7P+. The number of amides is 1. The van der Waals surface area contributed by atoms with E-state index in [1.807, 2.05) is 33.3 Å². The van der Waals surface area contributed by atoms with E-state index in [9.17, 15) is 19.0 Å². The number of carbonyl (C=O) groups is 2. The zero-order valence-electron chi connectivity index (χ0n) is 47.0. The molecule has 0 aliphatic rings. The molecule has 0 aromatic carbocycles. The Morgan fingerprint density at radius 3 is 1.48 bits per heavy atom. The van der Waals surface area contributed by atoms with Gasteiger partial charge in [0.1, 0.15) is 19.3 Å². The highest BCUT2D eigenvalue weighted by Crippen LogP contribution is 2.43. The molecule has 10 heteroatoms. The van der Waals surface area contributed by atoms with Crippen LogP contribution in [0.15, 0.2) is 72.9 Å². The predicted octanol–water partition coefficient (Wildman–Crippen LogP) is 17.7. The number of quaternary nitrogens is 1. The molecule has 0 fully saturated rings. The molecule has 0 aliphatic heterocycles. The molecule has 0 saturated heterocycles. The molecule has 0 radical (unpaired) electrons. The first-order valence-electron chi connectivity index (χ1n) is 29.3. The molecule has 2 N–H and O–H groups in total. The highest BCUT2D eigenvalue weighted by atomic mass is 31.2. The second-order valence-corrected chi connectivity index (χ2v) is 22.3. The Hall–Kier alpha value is -2.55. The predicted molar refractivity (Wildman–Crippen MR) is 305 cm³/mol. The molecule has 3 unspecified atom stereocenters. The minimum atomic E-state index is -4.45. The highest BCUT2D eigenvalue weighted by Gasteiger charge is 2.30. The maximum atomic E-state index is 13.5. The summed E-state index contributed by atoms with van der Waals surface area (Å²) in [6.07, 6.45) is 64.6. The molecule has 9 nitrogen and oxygen atoms in total. The number of esters is 1. The third-order valence-corrected chi connectivity index (χ3v) is 13.7. The highest BCUT2D eigenvalue weighted by molar-refractivity contribution is 7.47. The van der Waals surface area contributed by atoms with Crippen LogP contribution < -0.4 is 5.32 Å². The smallest absolute Gasteiger partial charge is 0.456 e. The fraction of sp³-hybridized carbons (Fsp3) is 0.770. The van der Waals surface area contributed by atoms with Crippen LogP contribution in [-0.4, -0.2) is 74.3 Å². The summed E-state index contributed by atoms with van der Waals surface area (Å²) in [6.45, 7) is 6.84. The Bertz CT molecular complexity index is 1450. The molecule has 0 rings (SSSR count). The monoisotopic (exact) mass is 1020 g/mol. The van der Waals surface area contributed by atoms with Gasteiger partial charge in [-0.2, -0.15) is 0 Å². The summed E-state index contributed by atoms with van der Waals surface area (Å²) in [6, 6.07) is -0.860. The molecule has 412 valence electrons. The van der Waals surface area contributed by atoms with E-state index in [4.69, 9.17) is 13.8 Å². The number of nitrogens with zero attached hydrogens (tertiary/aromatic N) is 1. The summed E-state index contributed by atoms with van der Waals surface area (Å²) in [5, 5.41) is 3.04. The van der Waals surface area contributed by atoms with Gasteiger partial charge in [0, 0.05) is 12.8 Å². The SMILES string of the molecule is CC/C=C/C=C/C=C/CCCCCCCCCC(=O)NC(COP(=O)(O)OCC[N+](C)(C)C)C(/C=C/CCCCCCCCCCCCC)OC(=O)CCCCCCCCC/C=C\C/C=C\CCCCC. The van der Waals surface area contributed by atoms with Gasteiger partial charge in [-0.15, -0.1) is 0 Å². The average molecular weight is 1020 g/mol. The van der Waals surface area contributed by atoms with E-state index in [2.05, 4.69) is 86.8 Å². The first-order chi connectivity index (χ1) is 34.4. The number of phosphoric acid groups is 1. The summed E-state index contributed by atoms with van der Waals surface area (Å²) in [7, 11) is 1.48. The van der Waals surface area contributed by atoms with E-state index in [0.29, 0.717) is 17.4 Å². The van der Waals surface area contributed by atoms with E-state index in [-0.39, 0.29) is 31.5 Å². The van der Waals surface area contributed by atoms with E-state index >= 15 is 0 Å². The Morgan fingerprint density at radius 2 is 0.958 bits per heavy atom. The third-order valence-electron chi connectivity index (χ3n) is 12.7. The molecular weight excluding hydrogens is 904 g/mol. The lowest BCUT2D eigenvalue weighted by molar-refractivity contribution is -0.870. The molecule has 1 amide bonds. The third kappa shape index (κ3) is 52.1. The van der Waals surface area contributed by atoms with Crippen molar-refractivity contribution < 1.29 is 37.3 Å². The summed E-state index contributed by atoms with van der Waals surface area (Å²) in [5.74, 6) is -0.528. The fourth-order valence-corrected chi connectivity index (χ4v) is 8.88. The molecule has 0 aromatic heterocycles. The molecule has 0 bridgehead atoms. The van der Waals surface area contributed by atoms with Crippen LogP contribution in [0.2, 0.25) is 0 Å². The molecule has 3 atom stereocenters. The summed E-state index contributed by atoms with van der Waals surface area (Å²) in [4.78, 5) is 37.6. The maximum Gasteiger partial charge on any atom is 0.472 e. The van der Waals surface area contributed by atoms with Crippen molar-refractivity contribution in [2.75, 3.05) is 40.9 Å². The number of likely N-dealkylation sites (N-methyl/N-ethyl adjacent to an activating group) is 1. The number of carbonyl (C=O) groups excluding carboxylic acids is 2. The zero-order valence-corrected chi connectivity index (χ0v) is 47.8. The number of allylic oxidation sites excluding steroid dienone is 11. The summed E-state index contributed by atoms with van der Waals surface area (Å²) in [5.41, 5.74) is 0. The minimum Gasteiger partial charge on any atom is -0.456 e. The van der Waals surface area contributed by atoms with Gasteiger partial charge in [0.25, 0.3) is 0 Å². The lowest BCUT2D eigenvalue weighted by atomic mass is 10.0. The molecule has 0 aliphatic carbocycles. The van der Waals surface area contributed by atoms with Gasteiger partial charge < -0.3 is 19.4 Å². The van der Waals surface area contributed by atoms with Crippen LogP contribution in [-0.2, 0) is 27.9 Å². The van der Waals surface area contributed by atoms with E-state index in [0.717, 1.165) is 96.3 Å². The lowest BCUT2D eigenvalue weighted by Crippen LogP contribution is -2.47. The van der Waals surface area contributed by atoms with Gasteiger partial charge in [-0.1, -0.05) is 229 Å². The zero-order chi connectivity index (χ0) is 52.2. The van der Waals surface area contributed by atoms with Crippen LogP contribution in [0, 0.1) is 0 Å². The summed E-state index contributed by atoms with van der Waals surface area (Å²) < 4.78 is 30.6. The van der Waals surface area contributed by atoms with Crippen molar-refractivity contribution in [3.05, 3.63) is 72.9 Å². The van der Waals surface area contributed by atoms with Crippen molar-refractivity contribution in [3.63, 3.8) is 0 Å². The Balaban J connectivity index is 5.38. The van der Waals surface area contributed by atoms with Crippen LogP contribution >= 0.6 is 7.82 Å². The Kier molecular flexibility index (Phi) is 49.1. The second kappa shape index (κ2) is 51.0. The topological polar surface area (TPSA) is 111 Å². The van der Waals surface area contributed by atoms with Gasteiger partial charge in [0.15, 0.2) is 0 Å². The Labute approximate surface area is 438 Å². The quantitative estimate of drug-likeness (QED) is 0.0156. The van der Waals surface area contributed by atoms with Crippen molar-refractivity contribution in [2.45, 2.75) is 264 Å². The molecule has 0 spiro atoms. The first kappa shape index (κ1) is 68.5. The number of rotatable bonds is 52. The van der Waals surface area contributed by atoms with E-state index in [1.54, 1.807) is 0 Å². The number of hydrogen-bond acceptors (Lipinski definition) is 6. The number of nitrogens with one attached hydrogen (secondary N) is 1. The van der Waals surface area contributed by atoms with Crippen LogP contribution in [0.4, 0.5) is 0 Å². The minimum absolute atomic E-state index is 0.0339. The van der Waals surface area contributed by atoms with Gasteiger partial charge in [-0.3, -0.25) is 18.6 Å². The van der Waals surface area contributed by atoms with Crippen molar-refractivity contribution in [3.8, 4) is 0 Å². The first-order valence-corrected chi connectivity index (χ1v) is 30.8. The average Bonchev–Trinajstić information content (AvgIpc) is 3.33. The van der Waals surface area contributed by atoms with Crippen LogP contribution in [0.25, 0.3) is 0 Å². The van der Waals surface area contributed by atoms with Gasteiger partial charge >= 0.3 is 13.8 Å². The van der Waals surface area contributed by atoms with Gasteiger partial charge in [0.05, 0.1) is 33.8 Å². The summed E-state index contributed by atoms with van der Waals surface area (Å²) >= 11 is 0. The normalized spacial score (nSPS) is 14.3. The number of hydrogen-bond donors (Lipinski definition) is 2. The van der Waals surface area contributed by atoms with Gasteiger partial charge in [-0.25, -0.2) is 4.57 Å². The molecule has 71 heavy (non-hydrogen) atoms. The van der Waals surface area contributed by atoms with Gasteiger partial charge in [-0.05, 0) is 83.1 Å². The van der Waals surface area contributed by atoms with Crippen LogP contribution in [0.1, 0.15) is 252 Å². The largest absolute Gasteiger partial charge is 0.472 e. The van der Waals surface area contributed by atoms with E-state index in [1.165, 1.54) is 122 Å². The standard InChI is InChI=1S/C61H111N2O7P/c1-7-10-13-16-19-22-25-28-30-31-33-36-39-42-45-48-51-54-61(65)70-59(52-49-46-43-40-37-34-27-24-21-18-15-12-9-3)58(57-69-71(66,67)68-56-55-63(4,5)6)62-60(64)53-50-47-44-41-38-35-32-29-26-23-20-17-14-11-8-2/h11,14,17,19-20,22-23,26,28,30,49,52,58-59H,7-10,12-13,15-16,18,21,24-25,27,29,31-48,50-51,53-57H2,1-6H3,(H-,62,64,66,67)/p+1/b14-11+,20-17+,22-19-,26-23+,30-28-,52-49+. The fourth-order valence-electron chi connectivity index (χ4n) is 8.15. The van der Waals surface area contributed by atoms with Crippen LogP contribution in [0.3, 0.4) is 0 Å². The molecule has 0 aromatic rings. The second-order valence-electron chi connectivity index (χ2n) is 20.8. The maximum absolute atomic E-state index is 13.5. The van der Waals surface area contributed by atoms with E-state index < -0.39 is 20.0 Å². The van der Waals surface area contributed by atoms with Crippen molar-refractivity contribution in [1.29, 1.82) is 0 Å². The molecule has 0 heterocycles. The molecule has 0 saturated carbocycles. The van der Waals surface area contributed by atoms with Crippen molar-refractivity contribution in [2.24, 2.45) is 0 Å². The Morgan fingerprint density at radius 1 is 0.521 bits per heavy atom. The number of phosphoric ester groups is 1. The van der Waals surface area contributed by atoms with Crippen molar-refractivity contribution in [1.82, 2.24) is 5.32 Å². The lowest BCUT2D eigenvalue weighted by Gasteiger charge is -2.27. The van der Waals surface area contributed by atoms with Gasteiger partial charge in [0.2, 0.25) is 5.91 Å².